The molecule has 0 heterocycles. The van der Waals surface area contributed by atoms with E-state index in [1.165, 1.54) is 17.5 Å². The van der Waals surface area contributed by atoms with Gasteiger partial charge in [0.15, 0.2) is 0 Å². The van der Waals surface area contributed by atoms with Crippen molar-refractivity contribution in [1.82, 2.24) is 4.90 Å². The first-order chi connectivity index (χ1) is 7.26. The summed E-state index contributed by atoms with van der Waals surface area (Å²) in [7, 11) is 1.95. The van der Waals surface area contributed by atoms with Crippen molar-refractivity contribution < 1.29 is 4.79 Å². The van der Waals surface area contributed by atoms with Gasteiger partial charge in [0.05, 0.1) is 6.54 Å². The molecule has 2 nitrogen and oxygen atoms in total. The maximum Gasteiger partial charge on any atom is 0.133 e. The maximum absolute atomic E-state index is 10.3. The summed E-state index contributed by atoms with van der Waals surface area (Å²) in [6.07, 6.45) is 3.26. The van der Waals surface area contributed by atoms with Crippen molar-refractivity contribution in [3.8, 4) is 0 Å². The van der Waals surface area contributed by atoms with Crippen LogP contribution in [0.2, 0.25) is 0 Å². The van der Waals surface area contributed by atoms with Gasteiger partial charge in [0.25, 0.3) is 0 Å². The number of nitrogens with zero attached hydrogens (tertiary/aromatic N) is 1. The average molecular weight is 205 g/mol. The highest BCUT2D eigenvalue weighted by Gasteiger charge is 1.99. The van der Waals surface area contributed by atoms with Gasteiger partial charge in [-0.1, -0.05) is 37.6 Å². The van der Waals surface area contributed by atoms with E-state index in [-0.39, 0.29) is 0 Å². The second-order valence-corrected chi connectivity index (χ2v) is 3.93. The summed E-state index contributed by atoms with van der Waals surface area (Å²) in [6, 6.07) is 8.64. The summed E-state index contributed by atoms with van der Waals surface area (Å²) in [4.78, 5) is 12.3. The third kappa shape index (κ3) is 4.26. The minimum Gasteiger partial charge on any atom is -0.302 e. The molecule has 0 aliphatic heterocycles. The Bertz CT molecular complexity index is 292. The third-order valence-corrected chi connectivity index (χ3v) is 2.40. The normalized spacial score (nSPS) is 10.6. The number of carbonyl (C=O) groups excluding carboxylic acids is 1. The van der Waals surface area contributed by atoms with Crippen LogP contribution >= 0.6 is 0 Å². The highest BCUT2D eigenvalue weighted by atomic mass is 16.1. The topological polar surface area (TPSA) is 20.3 Å². The first-order valence-corrected chi connectivity index (χ1v) is 5.46. The average Bonchev–Trinajstić information content (AvgIpc) is 2.22. The molecular formula is C13H19NO. The van der Waals surface area contributed by atoms with E-state index in [0.717, 1.165) is 19.3 Å². The fourth-order valence-electron chi connectivity index (χ4n) is 1.60. The Labute approximate surface area is 91.9 Å². The van der Waals surface area contributed by atoms with Crippen LogP contribution in [-0.2, 0) is 17.8 Å². The zero-order chi connectivity index (χ0) is 11.1. The lowest BCUT2D eigenvalue weighted by atomic mass is 10.1. The van der Waals surface area contributed by atoms with Crippen LogP contribution in [-0.4, -0.2) is 24.8 Å². The number of aryl methyl sites for hydroxylation is 1. The Morgan fingerprint density at radius 1 is 1.20 bits per heavy atom. The van der Waals surface area contributed by atoms with Gasteiger partial charge in [-0.15, -0.1) is 0 Å². The third-order valence-electron chi connectivity index (χ3n) is 2.40. The van der Waals surface area contributed by atoms with E-state index in [4.69, 9.17) is 0 Å². The van der Waals surface area contributed by atoms with Gasteiger partial charge in [0.2, 0.25) is 0 Å². The van der Waals surface area contributed by atoms with Crippen LogP contribution in [0, 0.1) is 0 Å². The van der Waals surface area contributed by atoms with Crippen molar-refractivity contribution in [3.05, 3.63) is 35.4 Å². The summed E-state index contributed by atoms with van der Waals surface area (Å²) in [5.74, 6) is 0. The van der Waals surface area contributed by atoms with Crippen molar-refractivity contribution in [2.45, 2.75) is 26.3 Å². The number of aldehydes is 1. The van der Waals surface area contributed by atoms with Gasteiger partial charge in [0.1, 0.15) is 6.29 Å². The summed E-state index contributed by atoms with van der Waals surface area (Å²) in [5.41, 5.74) is 2.65. The lowest BCUT2D eigenvalue weighted by Crippen LogP contribution is -2.19. The molecule has 0 saturated heterocycles. The van der Waals surface area contributed by atoms with Gasteiger partial charge < -0.3 is 4.79 Å². The zero-order valence-electron chi connectivity index (χ0n) is 9.57. The smallest absolute Gasteiger partial charge is 0.133 e. The minimum absolute atomic E-state index is 0.497. The van der Waals surface area contributed by atoms with Gasteiger partial charge in [-0.05, 0) is 24.6 Å². The van der Waals surface area contributed by atoms with Crippen molar-refractivity contribution in [2.24, 2.45) is 0 Å². The van der Waals surface area contributed by atoms with E-state index < -0.39 is 0 Å². The Kier molecular flexibility index (Phi) is 5.05. The molecule has 2 heteroatoms. The van der Waals surface area contributed by atoms with Gasteiger partial charge in [0, 0.05) is 6.54 Å². The molecule has 82 valence electrons. The quantitative estimate of drug-likeness (QED) is 0.664. The molecule has 0 fully saturated rings. The molecule has 0 bridgehead atoms. The number of carbonyl (C=O) groups is 1. The van der Waals surface area contributed by atoms with E-state index >= 15 is 0 Å². The Morgan fingerprint density at radius 2 is 1.80 bits per heavy atom. The van der Waals surface area contributed by atoms with Crippen molar-refractivity contribution >= 4 is 6.29 Å². The molecule has 0 unspecified atom stereocenters. The van der Waals surface area contributed by atoms with E-state index in [2.05, 4.69) is 31.2 Å². The van der Waals surface area contributed by atoms with Gasteiger partial charge in [-0.3, -0.25) is 4.90 Å². The van der Waals surface area contributed by atoms with Crippen molar-refractivity contribution in [2.75, 3.05) is 13.6 Å². The predicted octanol–water partition coefficient (Wildman–Crippen LogP) is 2.27. The molecule has 0 spiro atoms. The molecule has 0 saturated carbocycles. The summed E-state index contributed by atoms with van der Waals surface area (Å²) in [5, 5.41) is 0. The Balaban J connectivity index is 2.52. The van der Waals surface area contributed by atoms with E-state index in [9.17, 15) is 4.79 Å². The first kappa shape index (κ1) is 11.9. The van der Waals surface area contributed by atoms with Crippen molar-refractivity contribution in [1.29, 1.82) is 0 Å². The van der Waals surface area contributed by atoms with E-state index in [1.54, 1.807) is 0 Å². The molecule has 0 aromatic heterocycles. The van der Waals surface area contributed by atoms with E-state index in [0.29, 0.717) is 6.54 Å². The summed E-state index contributed by atoms with van der Waals surface area (Å²) < 4.78 is 0. The first-order valence-electron chi connectivity index (χ1n) is 5.46. The fourth-order valence-corrected chi connectivity index (χ4v) is 1.60. The molecule has 0 N–H and O–H groups in total. The van der Waals surface area contributed by atoms with E-state index in [1.807, 2.05) is 11.9 Å². The molecule has 0 aliphatic carbocycles. The molecule has 0 amide bonds. The Hall–Kier alpha value is -1.15. The fraction of sp³-hybridized carbons (Fsp3) is 0.462. The molecule has 15 heavy (non-hydrogen) atoms. The largest absolute Gasteiger partial charge is 0.302 e. The zero-order valence-corrected chi connectivity index (χ0v) is 9.57. The van der Waals surface area contributed by atoms with Crippen LogP contribution in [0.4, 0.5) is 0 Å². The predicted molar refractivity (Wildman–Crippen MR) is 62.8 cm³/mol. The number of hydrogen-bond acceptors (Lipinski definition) is 2. The molecule has 1 aromatic rings. The van der Waals surface area contributed by atoms with Crippen LogP contribution in [0.3, 0.4) is 0 Å². The van der Waals surface area contributed by atoms with Crippen LogP contribution in [0.5, 0.6) is 0 Å². The van der Waals surface area contributed by atoms with Crippen LogP contribution in [0.1, 0.15) is 24.5 Å². The van der Waals surface area contributed by atoms with Gasteiger partial charge >= 0.3 is 0 Å². The number of rotatable bonds is 6. The van der Waals surface area contributed by atoms with Crippen LogP contribution in [0.15, 0.2) is 24.3 Å². The second kappa shape index (κ2) is 6.36. The van der Waals surface area contributed by atoms with Crippen LogP contribution < -0.4 is 0 Å². The van der Waals surface area contributed by atoms with Crippen molar-refractivity contribution in [3.63, 3.8) is 0 Å². The van der Waals surface area contributed by atoms with Gasteiger partial charge in [-0.2, -0.15) is 0 Å². The SMILES string of the molecule is CCCc1ccc(CN(C)CC=O)cc1. The molecular weight excluding hydrogens is 186 g/mol. The highest BCUT2D eigenvalue weighted by Crippen LogP contribution is 2.08. The highest BCUT2D eigenvalue weighted by molar-refractivity contribution is 5.51. The summed E-state index contributed by atoms with van der Waals surface area (Å²) in [6.45, 7) is 3.52. The molecule has 0 aliphatic rings. The molecule has 1 rings (SSSR count). The lowest BCUT2D eigenvalue weighted by Gasteiger charge is -2.13. The minimum atomic E-state index is 0.497. The number of benzene rings is 1. The summed E-state index contributed by atoms with van der Waals surface area (Å²) >= 11 is 0. The maximum atomic E-state index is 10.3. The lowest BCUT2D eigenvalue weighted by molar-refractivity contribution is -0.108. The molecule has 0 radical (unpaired) electrons. The van der Waals surface area contributed by atoms with Crippen LogP contribution in [0.25, 0.3) is 0 Å². The number of likely N-dealkylation sites (N-methyl/N-ethyl adjacent to an activating group) is 1. The molecule has 1 aromatic carbocycles. The van der Waals surface area contributed by atoms with Gasteiger partial charge in [-0.25, -0.2) is 0 Å². The monoisotopic (exact) mass is 205 g/mol. The molecule has 0 atom stereocenters. The standard InChI is InChI=1S/C13H19NO/c1-3-4-12-5-7-13(8-6-12)11-14(2)9-10-15/h5-8,10H,3-4,9,11H2,1-2H3. The second-order valence-electron chi connectivity index (χ2n) is 3.93. The Morgan fingerprint density at radius 3 is 2.33 bits per heavy atom. The number of hydrogen-bond donors (Lipinski definition) is 0.